The third-order valence-electron chi connectivity index (χ3n) is 2.88. The van der Waals surface area contributed by atoms with Crippen LogP contribution in [-0.2, 0) is 4.74 Å². The first-order chi connectivity index (χ1) is 8.58. The number of cyclic esters (lactones) is 2. The number of esters is 2. The van der Waals surface area contributed by atoms with E-state index < -0.39 is 17.9 Å². The molecule has 5 heteroatoms. The number of benzene rings is 2. The number of carbonyl (C=O) groups is 3. The molecular formula is C13H6O5. The van der Waals surface area contributed by atoms with Crippen molar-refractivity contribution in [3.05, 3.63) is 47.0 Å². The highest BCUT2D eigenvalue weighted by Gasteiger charge is 2.31. The number of aromatic carboxylic acids is 1. The van der Waals surface area contributed by atoms with Gasteiger partial charge in [-0.3, -0.25) is 0 Å². The predicted octanol–water partition coefficient (Wildman–Crippen LogP) is 1.85. The van der Waals surface area contributed by atoms with Gasteiger partial charge in [-0.1, -0.05) is 12.1 Å². The van der Waals surface area contributed by atoms with Gasteiger partial charge in [0.15, 0.2) is 0 Å². The summed E-state index contributed by atoms with van der Waals surface area (Å²) in [5.74, 6) is -2.40. The topological polar surface area (TPSA) is 80.7 Å². The van der Waals surface area contributed by atoms with Gasteiger partial charge in [-0.25, -0.2) is 14.4 Å². The van der Waals surface area contributed by atoms with Gasteiger partial charge in [-0.2, -0.15) is 0 Å². The highest BCUT2D eigenvalue weighted by Crippen LogP contribution is 2.29. The Balaban J connectivity index is 2.35. The molecule has 0 spiro atoms. The highest BCUT2D eigenvalue weighted by molar-refractivity contribution is 6.21. The lowest BCUT2D eigenvalue weighted by atomic mass is 9.99. The lowest BCUT2D eigenvalue weighted by molar-refractivity contribution is 0.0444. The minimum atomic E-state index is -1.05. The maximum Gasteiger partial charge on any atom is 0.347 e. The Bertz CT molecular complexity index is 729. The molecule has 0 atom stereocenters. The standard InChI is InChI=1S/C13H6O5/c14-11(15)7-2-3-8-6(5-7)1-4-9-10(8)13(17)18-12(9)16/h1-5H,(H,14,15). The molecule has 0 unspecified atom stereocenters. The van der Waals surface area contributed by atoms with Crippen molar-refractivity contribution >= 4 is 28.7 Å². The Kier molecular flexibility index (Phi) is 1.98. The molecule has 0 amide bonds. The average Bonchev–Trinajstić information content (AvgIpc) is 2.64. The molecule has 1 N–H and O–H groups in total. The van der Waals surface area contributed by atoms with Crippen molar-refractivity contribution in [3.8, 4) is 0 Å². The molecule has 1 heterocycles. The molecule has 88 valence electrons. The smallest absolute Gasteiger partial charge is 0.347 e. The summed E-state index contributed by atoms with van der Waals surface area (Å²) in [7, 11) is 0. The Morgan fingerprint density at radius 3 is 2.56 bits per heavy atom. The van der Waals surface area contributed by atoms with Crippen LogP contribution in [-0.4, -0.2) is 23.0 Å². The lowest BCUT2D eigenvalue weighted by Crippen LogP contribution is -1.98. The first kappa shape index (κ1) is 10.5. The van der Waals surface area contributed by atoms with Crippen LogP contribution in [0.4, 0.5) is 0 Å². The molecule has 0 bridgehead atoms. The number of carbonyl (C=O) groups excluding carboxylic acids is 2. The van der Waals surface area contributed by atoms with Gasteiger partial charge < -0.3 is 9.84 Å². The minimum Gasteiger partial charge on any atom is -0.478 e. The van der Waals surface area contributed by atoms with Crippen LogP contribution in [0.3, 0.4) is 0 Å². The van der Waals surface area contributed by atoms with E-state index in [9.17, 15) is 14.4 Å². The molecule has 2 aromatic carbocycles. The number of carboxylic acid groups (broad SMARTS) is 1. The Morgan fingerprint density at radius 2 is 1.83 bits per heavy atom. The van der Waals surface area contributed by atoms with Gasteiger partial charge in [0.05, 0.1) is 16.7 Å². The zero-order valence-corrected chi connectivity index (χ0v) is 8.97. The van der Waals surface area contributed by atoms with Crippen LogP contribution in [0.5, 0.6) is 0 Å². The second-order valence-corrected chi connectivity index (χ2v) is 3.91. The fourth-order valence-corrected chi connectivity index (χ4v) is 2.04. The second-order valence-electron chi connectivity index (χ2n) is 3.91. The minimum absolute atomic E-state index is 0.125. The van der Waals surface area contributed by atoms with Crippen molar-refractivity contribution in [2.45, 2.75) is 0 Å². The molecule has 0 saturated heterocycles. The number of rotatable bonds is 1. The van der Waals surface area contributed by atoms with Gasteiger partial charge in [0.25, 0.3) is 0 Å². The van der Waals surface area contributed by atoms with Crippen LogP contribution in [0, 0.1) is 0 Å². The van der Waals surface area contributed by atoms with Crippen molar-refractivity contribution in [3.63, 3.8) is 0 Å². The summed E-state index contributed by atoms with van der Waals surface area (Å²) in [6, 6.07) is 7.42. The normalized spacial score (nSPS) is 13.6. The Hall–Kier alpha value is -2.69. The molecule has 0 fully saturated rings. The van der Waals surface area contributed by atoms with Gasteiger partial charge in [-0.05, 0) is 29.0 Å². The van der Waals surface area contributed by atoms with E-state index in [0.29, 0.717) is 10.8 Å². The van der Waals surface area contributed by atoms with Gasteiger partial charge in [-0.15, -0.1) is 0 Å². The van der Waals surface area contributed by atoms with E-state index in [-0.39, 0.29) is 16.7 Å². The summed E-state index contributed by atoms with van der Waals surface area (Å²) in [6.45, 7) is 0. The molecule has 18 heavy (non-hydrogen) atoms. The largest absolute Gasteiger partial charge is 0.478 e. The summed E-state index contributed by atoms with van der Waals surface area (Å²) < 4.78 is 4.52. The molecule has 2 aromatic rings. The van der Waals surface area contributed by atoms with Crippen LogP contribution in [0.25, 0.3) is 10.8 Å². The Morgan fingerprint density at radius 1 is 1.06 bits per heavy atom. The lowest BCUT2D eigenvalue weighted by Gasteiger charge is -2.02. The average molecular weight is 242 g/mol. The number of ether oxygens (including phenoxy) is 1. The zero-order chi connectivity index (χ0) is 12.9. The first-order valence-corrected chi connectivity index (χ1v) is 5.14. The zero-order valence-electron chi connectivity index (χ0n) is 8.97. The molecular weight excluding hydrogens is 236 g/mol. The Labute approximate surface area is 101 Å². The SMILES string of the molecule is O=C(O)c1ccc2c3c(ccc2c1)C(=O)OC3=O. The van der Waals surface area contributed by atoms with Crippen molar-refractivity contribution in [2.75, 3.05) is 0 Å². The van der Waals surface area contributed by atoms with Crippen molar-refractivity contribution < 1.29 is 24.2 Å². The summed E-state index contributed by atoms with van der Waals surface area (Å²) >= 11 is 0. The molecule has 0 aliphatic carbocycles. The van der Waals surface area contributed by atoms with E-state index in [0.717, 1.165) is 0 Å². The van der Waals surface area contributed by atoms with E-state index >= 15 is 0 Å². The number of hydrogen-bond donors (Lipinski definition) is 1. The van der Waals surface area contributed by atoms with Crippen molar-refractivity contribution in [2.24, 2.45) is 0 Å². The van der Waals surface area contributed by atoms with E-state index in [1.54, 1.807) is 6.07 Å². The quantitative estimate of drug-likeness (QED) is 0.609. The van der Waals surface area contributed by atoms with Crippen molar-refractivity contribution in [1.29, 1.82) is 0 Å². The molecule has 0 radical (unpaired) electrons. The number of fused-ring (bicyclic) bond motifs is 3. The van der Waals surface area contributed by atoms with Gasteiger partial charge in [0.2, 0.25) is 0 Å². The fourth-order valence-electron chi connectivity index (χ4n) is 2.04. The fraction of sp³-hybridized carbons (Fsp3) is 0. The summed E-state index contributed by atoms with van der Waals surface area (Å²) in [4.78, 5) is 33.8. The molecule has 1 aliphatic rings. The molecule has 0 aromatic heterocycles. The highest BCUT2D eigenvalue weighted by atomic mass is 16.6. The van der Waals surface area contributed by atoms with Crippen LogP contribution in [0.1, 0.15) is 31.1 Å². The third-order valence-corrected chi connectivity index (χ3v) is 2.88. The number of hydrogen-bond acceptors (Lipinski definition) is 4. The maximum absolute atomic E-state index is 11.5. The van der Waals surface area contributed by atoms with E-state index in [1.165, 1.54) is 24.3 Å². The second kappa shape index (κ2) is 3.40. The summed E-state index contributed by atoms with van der Waals surface area (Å²) in [6.07, 6.45) is 0. The van der Waals surface area contributed by atoms with E-state index in [4.69, 9.17) is 5.11 Å². The van der Waals surface area contributed by atoms with Crippen LogP contribution in [0.15, 0.2) is 30.3 Å². The van der Waals surface area contributed by atoms with Crippen LogP contribution >= 0.6 is 0 Å². The van der Waals surface area contributed by atoms with Gasteiger partial charge in [0.1, 0.15) is 0 Å². The van der Waals surface area contributed by atoms with E-state index in [2.05, 4.69) is 4.74 Å². The molecule has 3 rings (SSSR count). The van der Waals surface area contributed by atoms with Crippen molar-refractivity contribution in [1.82, 2.24) is 0 Å². The van der Waals surface area contributed by atoms with Crippen LogP contribution < -0.4 is 0 Å². The summed E-state index contributed by atoms with van der Waals surface area (Å²) in [5.41, 5.74) is 0.546. The molecule has 5 nitrogen and oxygen atoms in total. The predicted molar refractivity (Wildman–Crippen MR) is 60.7 cm³/mol. The monoisotopic (exact) mass is 242 g/mol. The van der Waals surface area contributed by atoms with Gasteiger partial charge in [0, 0.05) is 0 Å². The summed E-state index contributed by atoms with van der Waals surface area (Å²) in [5, 5.41) is 9.99. The third kappa shape index (κ3) is 1.31. The molecule has 1 aliphatic heterocycles. The first-order valence-electron chi connectivity index (χ1n) is 5.14. The number of carboxylic acids is 1. The van der Waals surface area contributed by atoms with E-state index in [1.807, 2.05) is 0 Å². The maximum atomic E-state index is 11.5. The van der Waals surface area contributed by atoms with Crippen LogP contribution in [0.2, 0.25) is 0 Å². The van der Waals surface area contributed by atoms with Gasteiger partial charge >= 0.3 is 17.9 Å². The molecule has 0 saturated carbocycles.